The Morgan fingerprint density at radius 1 is 1.23 bits per heavy atom. The van der Waals surface area contributed by atoms with E-state index in [1.807, 2.05) is 0 Å². The number of pyridine rings is 1. The second-order valence-corrected chi connectivity index (χ2v) is 8.76. The highest BCUT2D eigenvalue weighted by Crippen LogP contribution is 2.34. The van der Waals surface area contributed by atoms with Crippen LogP contribution in [0.2, 0.25) is 5.02 Å². The number of carbonyl (C=O) groups is 1. The van der Waals surface area contributed by atoms with Gasteiger partial charge in [0.15, 0.2) is 9.84 Å². The maximum absolute atomic E-state index is 12.7. The number of ether oxygens (including phenoxy) is 1. The zero-order chi connectivity index (χ0) is 18.7. The van der Waals surface area contributed by atoms with Gasteiger partial charge in [-0.15, -0.1) is 0 Å². The highest BCUT2D eigenvalue weighted by molar-refractivity contribution is 7.91. The molecule has 3 rings (SSSR count). The van der Waals surface area contributed by atoms with Crippen LogP contribution in [0, 0.1) is 0 Å². The Morgan fingerprint density at radius 3 is 2.65 bits per heavy atom. The first-order valence-electron chi connectivity index (χ1n) is 8.17. The fourth-order valence-electron chi connectivity index (χ4n) is 3.04. The molecule has 1 atom stereocenters. The molecule has 2 heterocycles. The zero-order valence-corrected chi connectivity index (χ0v) is 15.8. The summed E-state index contributed by atoms with van der Waals surface area (Å²) in [5.74, 6) is 0.0759. The SMILES string of the molecule is COc1ccc(C(=O)N2CCC(c3ccccc3Cl)S(=O)(=O)CC2)cn1. The van der Waals surface area contributed by atoms with Crippen LogP contribution in [0.25, 0.3) is 0 Å². The minimum Gasteiger partial charge on any atom is -0.481 e. The van der Waals surface area contributed by atoms with Crippen LogP contribution >= 0.6 is 11.6 Å². The van der Waals surface area contributed by atoms with Gasteiger partial charge in [-0.25, -0.2) is 13.4 Å². The third-order valence-electron chi connectivity index (χ3n) is 4.47. The van der Waals surface area contributed by atoms with E-state index in [9.17, 15) is 13.2 Å². The lowest BCUT2D eigenvalue weighted by Crippen LogP contribution is -2.33. The lowest BCUT2D eigenvalue weighted by Gasteiger charge is -2.20. The summed E-state index contributed by atoms with van der Waals surface area (Å²) in [4.78, 5) is 18.3. The summed E-state index contributed by atoms with van der Waals surface area (Å²) in [7, 11) is -1.91. The number of sulfone groups is 1. The number of hydrogen-bond acceptors (Lipinski definition) is 5. The predicted octanol–water partition coefficient (Wildman–Crippen LogP) is 2.75. The summed E-state index contributed by atoms with van der Waals surface area (Å²) in [5.41, 5.74) is 0.994. The molecule has 1 unspecified atom stereocenters. The maximum atomic E-state index is 12.7. The van der Waals surface area contributed by atoms with Crippen molar-refractivity contribution in [2.45, 2.75) is 11.7 Å². The van der Waals surface area contributed by atoms with Gasteiger partial charge in [0.1, 0.15) is 0 Å². The molecule has 6 nitrogen and oxygen atoms in total. The number of aromatic nitrogens is 1. The second-order valence-electron chi connectivity index (χ2n) is 6.05. The Labute approximate surface area is 157 Å². The molecule has 0 saturated carbocycles. The van der Waals surface area contributed by atoms with Crippen LogP contribution in [-0.2, 0) is 9.84 Å². The summed E-state index contributed by atoms with van der Waals surface area (Å²) in [6.45, 7) is 0.480. The fraction of sp³-hybridized carbons (Fsp3) is 0.333. The molecular formula is C18H19ClN2O4S. The lowest BCUT2D eigenvalue weighted by atomic mass is 10.1. The Hall–Kier alpha value is -2.12. The number of carbonyl (C=O) groups excluding carboxylic acids is 1. The quantitative estimate of drug-likeness (QED) is 0.800. The Balaban J connectivity index is 1.82. The topological polar surface area (TPSA) is 76.6 Å². The number of methoxy groups -OCH3 is 1. The molecule has 138 valence electrons. The molecule has 0 aliphatic carbocycles. The highest BCUT2D eigenvalue weighted by atomic mass is 35.5. The summed E-state index contributed by atoms with van der Waals surface area (Å²) < 4.78 is 30.4. The van der Waals surface area contributed by atoms with E-state index in [0.717, 1.165) is 0 Å². The number of nitrogens with zero attached hydrogens (tertiary/aromatic N) is 2. The zero-order valence-electron chi connectivity index (χ0n) is 14.3. The molecule has 1 aliphatic heterocycles. The van der Waals surface area contributed by atoms with Crippen LogP contribution in [0.1, 0.15) is 27.6 Å². The lowest BCUT2D eigenvalue weighted by molar-refractivity contribution is 0.0766. The van der Waals surface area contributed by atoms with Crippen molar-refractivity contribution < 1.29 is 17.9 Å². The van der Waals surface area contributed by atoms with Crippen LogP contribution < -0.4 is 4.74 Å². The van der Waals surface area contributed by atoms with Crippen molar-refractivity contribution in [1.29, 1.82) is 0 Å². The van der Waals surface area contributed by atoms with Gasteiger partial charge >= 0.3 is 0 Å². The fourth-order valence-corrected chi connectivity index (χ4v) is 5.19. The van der Waals surface area contributed by atoms with Crippen molar-refractivity contribution >= 4 is 27.3 Å². The van der Waals surface area contributed by atoms with Crippen molar-refractivity contribution in [3.05, 3.63) is 58.7 Å². The van der Waals surface area contributed by atoms with Crippen LogP contribution in [0.5, 0.6) is 5.88 Å². The average Bonchev–Trinajstić information content (AvgIpc) is 2.80. The van der Waals surface area contributed by atoms with E-state index in [1.54, 1.807) is 41.3 Å². The normalized spacial score (nSPS) is 19.6. The third-order valence-corrected chi connectivity index (χ3v) is 6.92. The Kier molecular flexibility index (Phi) is 5.48. The molecule has 1 fully saturated rings. The van der Waals surface area contributed by atoms with E-state index >= 15 is 0 Å². The standard InChI is InChI=1S/C18H19ClN2O4S/c1-25-17-7-6-13(12-20-17)18(22)21-9-8-16(26(23,24)11-10-21)14-4-2-3-5-15(14)19/h2-7,12,16H,8-11H2,1H3. The van der Waals surface area contributed by atoms with E-state index in [1.165, 1.54) is 13.3 Å². The number of benzene rings is 1. The van der Waals surface area contributed by atoms with Gasteiger partial charge < -0.3 is 9.64 Å². The predicted molar refractivity (Wildman–Crippen MR) is 99.3 cm³/mol. The molecule has 1 aromatic heterocycles. The van der Waals surface area contributed by atoms with Crippen molar-refractivity contribution in [2.24, 2.45) is 0 Å². The molecular weight excluding hydrogens is 376 g/mol. The van der Waals surface area contributed by atoms with E-state index in [2.05, 4.69) is 4.98 Å². The van der Waals surface area contributed by atoms with Crippen LogP contribution in [0.4, 0.5) is 0 Å². The van der Waals surface area contributed by atoms with Gasteiger partial charge in [0.25, 0.3) is 5.91 Å². The van der Waals surface area contributed by atoms with E-state index in [4.69, 9.17) is 16.3 Å². The maximum Gasteiger partial charge on any atom is 0.255 e. The minimum absolute atomic E-state index is 0.0990. The van der Waals surface area contributed by atoms with Crippen LogP contribution in [0.15, 0.2) is 42.6 Å². The van der Waals surface area contributed by atoms with Crippen molar-refractivity contribution in [1.82, 2.24) is 9.88 Å². The molecule has 0 bridgehead atoms. The Morgan fingerprint density at radius 2 is 2.00 bits per heavy atom. The summed E-state index contributed by atoms with van der Waals surface area (Å²) in [6, 6.07) is 10.2. The molecule has 0 radical (unpaired) electrons. The first-order chi connectivity index (χ1) is 12.4. The number of amides is 1. The summed E-state index contributed by atoms with van der Waals surface area (Å²) in [6.07, 6.45) is 1.74. The van der Waals surface area contributed by atoms with Crippen molar-refractivity contribution in [3.63, 3.8) is 0 Å². The largest absolute Gasteiger partial charge is 0.481 e. The molecule has 2 aromatic rings. The Bertz CT molecular complexity index is 900. The molecule has 1 amide bonds. The third kappa shape index (κ3) is 3.83. The number of rotatable bonds is 3. The van der Waals surface area contributed by atoms with Crippen LogP contribution in [-0.4, -0.2) is 50.2 Å². The van der Waals surface area contributed by atoms with E-state index < -0.39 is 15.1 Å². The highest BCUT2D eigenvalue weighted by Gasteiger charge is 2.34. The van der Waals surface area contributed by atoms with E-state index in [0.29, 0.717) is 35.0 Å². The van der Waals surface area contributed by atoms with Gasteiger partial charge in [-0.3, -0.25) is 4.79 Å². The molecule has 1 saturated heterocycles. The molecule has 1 aromatic carbocycles. The van der Waals surface area contributed by atoms with Crippen molar-refractivity contribution in [2.75, 3.05) is 26.0 Å². The summed E-state index contributed by atoms with van der Waals surface area (Å²) in [5, 5.41) is -0.275. The smallest absolute Gasteiger partial charge is 0.255 e. The monoisotopic (exact) mass is 394 g/mol. The van der Waals surface area contributed by atoms with Crippen LogP contribution in [0.3, 0.4) is 0 Å². The minimum atomic E-state index is -3.41. The van der Waals surface area contributed by atoms with Crippen molar-refractivity contribution in [3.8, 4) is 5.88 Å². The first kappa shape index (κ1) is 18.7. The van der Waals surface area contributed by atoms with Gasteiger partial charge in [-0.05, 0) is 24.1 Å². The number of hydrogen-bond donors (Lipinski definition) is 0. The van der Waals surface area contributed by atoms with Gasteiger partial charge in [0, 0.05) is 30.4 Å². The molecule has 26 heavy (non-hydrogen) atoms. The summed E-state index contributed by atoms with van der Waals surface area (Å²) >= 11 is 6.20. The van der Waals surface area contributed by atoms with Gasteiger partial charge in [-0.1, -0.05) is 29.8 Å². The molecule has 8 heteroatoms. The van der Waals surface area contributed by atoms with Gasteiger partial charge in [-0.2, -0.15) is 0 Å². The van der Waals surface area contributed by atoms with E-state index in [-0.39, 0.29) is 18.2 Å². The molecule has 0 spiro atoms. The number of halogens is 1. The first-order valence-corrected chi connectivity index (χ1v) is 10.3. The van der Waals surface area contributed by atoms with Gasteiger partial charge in [0.2, 0.25) is 5.88 Å². The second kappa shape index (κ2) is 7.63. The van der Waals surface area contributed by atoms with Gasteiger partial charge in [0.05, 0.1) is 23.7 Å². The molecule has 1 aliphatic rings. The average molecular weight is 395 g/mol. The molecule has 0 N–H and O–H groups in total.